The number of aliphatic carboxylic acids is 1. The fraction of sp³-hybridized carbons (Fsp3) is 0.455. The monoisotopic (exact) mass is 265 g/mol. The van der Waals surface area contributed by atoms with Crippen LogP contribution in [-0.2, 0) is 11.8 Å². The van der Waals surface area contributed by atoms with Crippen LogP contribution in [0.3, 0.4) is 0 Å². The lowest BCUT2D eigenvalue weighted by Crippen LogP contribution is -2.42. The van der Waals surface area contributed by atoms with Gasteiger partial charge in [0, 0.05) is 32.4 Å². The van der Waals surface area contributed by atoms with Gasteiger partial charge in [0.05, 0.1) is 18.7 Å². The number of hydrogen-bond acceptors (Lipinski definition) is 4. The molecule has 0 aliphatic heterocycles. The predicted molar refractivity (Wildman–Crippen MR) is 65.0 cm³/mol. The van der Waals surface area contributed by atoms with E-state index in [4.69, 9.17) is 10.4 Å². The Morgan fingerprint density at radius 1 is 1.68 bits per heavy atom. The average molecular weight is 265 g/mol. The largest absolute Gasteiger partial charge is 0.479 e. The SMILES string of the molecule is CN(CCC#N)C(=O)NC(C(=O)O)c1cnn(C)c1. The van der Waals surface area contributed by atoms with Gasteiger partial charge in [0.2, 0.25) is 0 Å². The minimum Gasteiger partial charge on any atom is -0.479 e. The first-order chi connectivity index (χ1) is 8.95. The maximum absolute atomic E-state index is 11.8. The Balaban J connectivity index is 2.72. The molecule has 0 radical (unpaired) electrons. The molecule has 1 heterocycles. The molecule has 0 aliphatic rings. The first-order valence-corrected chi connectivity index (χ1v) is 5.55. The zero-order chi connectivity index (χ0) is 14.4. The van der Waals surface area contributed by atoms with E-state index < -0.39 is 18.0 Å². The van der Waals surface area contributed by atoms with Crippen molar-refractivity contribution in [2.75, 3.05) is 13.6 Å². The molecule has 2 N–H and O–H groups in total. The number of urea groups is 1. The molecule has 0 spiro atoms. The van der Waals surface area contributed by atoms with Gasteiger partial charge in [0.1, 0.15) is 0 Å². The van der Waals surface area contributed by atoms with Crippen molar-refractivity contribution in [1.29, 1.82) is 5.26 Å². The van der Waals surface area contributed by atoms with Crippen molar-refractivity contribution in [1.82, 2.24) is 20.0 Å². The van der Waals surface area contributed by atoms with Gasteiger partial charge in [-0.05, 0) is 0 Å². The lowest BCUT2D eigenvalue weighted by atomic mass is 10.1. The molecular formula is C11H15N5O3. The molecule has 1 atom stereocenters. The van der Waals surface area contributed by atoms with Crippen molar-refractivity contribution in [2.45, 2.75) is 12.5 Å². The van der Waals surface area contributed by atoms with Crippen LogP contribution in [0.15, 0.2) is 12.4 Å². The standard InChI is InChI=1S/C11H15N5O3/c1-15(5-3-4-12)11(19)14-9(10(17)18)8-6-13-16(2)7-8/h6-7,9H,3,5H2,1-2H3,(H,14,19)(H,17,18). The number of aryl methyl sites for hydroxylation is 1. The summed E-state index contributed by atoms with van der Waals surface area (Å²) in [5, 5.41) is 23.8. The number of aromatic nitrogens is 2. The molecule has 8 heteroatoms. The van der Waals surface area contributed by atoms with Gasteiger partial charge in [0.15, 0.2) is 6.04 Å². The third-order valence-corrected chi connectivity index (χ3v) is 2.48. The molecular weight excluding hydrogens is 250 g/mol. The predicted octanol–water partition coefficient (Wildman–Crippen LogP) is 0.101. The Bertz CT molecular complexity index is 505. The van der Waals surface area contributed by atoms with Crippen LogP contribution >= 0.6 is 0 Å². The normalized spacial score (nSPS) is 11.4. The highest BCUT2D eigenvalue weighted by atomic mass is 16.4. The van der Waals surface area contributed by atoms with Crippen molar-refractivity contribution in [3.05, 3.63) is 18.0 Å². The number of carbonyl (C=O) groups is 2. The molecule has 8 nitrogen and oxygen atoms in total. The molecule has 2 amide bonds. The fourth-order valence-electron chi connectivity index (χ4n) is 1.43. The minimum absolute atomic E-state index is 0.189. The zero-order valence-electron chi connectivity index (χ0n) is 10.7. The number of nitrogens with zero attached hydrogens (tertiary/aromatic N) is 4. The van der Waals surface area contributed by atoms with Crippen molar-refractivity contribution in [2.24, 2.45) is 7.05 Å². The first kappa shape index (κ1) is 14.5. The third-order valence-electron chi connectivity index (χ3n) is 2.48. The van der Waals surface area contributed by atoms with Gasteiger partial charge < -0.3 is 15.3 Å². The van der Waals surface area contributed by atoms with Gasteiger partial charge in [-0.1, -0.05) is 0 Å². The second-order valence-electron chi connectivity index (χ2n) is 4.00. The molecule has 19 heavy (non-hydrogen) atoms. The van der Waals surface area contributed by atoms with Crippen LogP contribution in [0.25, 0.3) is 0 Å². The fourth-order valence-corrected chi connectivity index (χ4v) is 1.43. The number of carboxylic acids is 1. The number of nitriles is 1. The summed E-state index contributed by atoms with van der Waals surface area (Å²) in [6.07, 6.45) is 3.09. The van der Waals surface area contributed by atoms with Gasteiger partial charge in [0.25, 0.3) is 0 Å². The van der Waals surface area contributed by atoms with Gasteiger partial charge in [-0.25, -0.2) is 9.59 Å². The van der Waals surface area contributed by atoms with E-state index in [9.17, 15) is 9.59 Å². The topological polar surface area (TPSA) is 111 Å². The molecule has 1 aromatic rings. The Hall–Kier alpha value is -2.56. The molecule has 1 aromatic heterocycles. The maximum atomic E-state index is 11.8. The molecule has 0 aliphatic carbocycles. The van der Waals surface area contributed by atoms with Gasteiger partial charge in [-0.15, -0.1) is 0 Å². The van der Waals surface area contributed by atoms with Crippen LogP contribution < -0.4 is 5.32 Å². The molecule has 0 saturated heterocycles. The van der Waals surface area contributed by atoms with E-state index in [0.29, 0.717) is 5.56 Å². The molecule has 0 saturated carbocycles. The van der Waals surface area contributed by atoms with Crippen LogP contribution in [0.2, 0.25) is 0 Å². The molecule has 0 fully saturated rings. The molecule has 0 bridgehead atoms. The Morgan fingerprint density at radius 3 is 2.84 bits per heavy atom. The van der Waals surface area contributed by atoms with Crippen LogP contribution in [0.4, 0.5) is 4.79 Å². The van der Waals surface area contributed by atoms with E-state index in [0.717, 1.165) is 0 Å². The van der Waals surface area contributed by atoms with E-state index in [-0.39, 0.29) is 13.0 Å². The third kappa shape index (κ3) is 3.99. The summed E-state index contributed by atoms with van der Waals surface area (Å²) in [4.78, 5) is 24.2. The summed E-state index contributed by atoms with van der Waals surface area (Å²) in [5.74, 6) is -1.17. The molecule has 102 valence electrons. The number of hydrogen-bond donors (Lipinski definition) is 2. The lowest BCUT2D eigenvalue weighted by Gasteiger charge is -2.19. The second-order valence-corrected chi connectivity index (χ2v) is 4.00. The summed E-state index contributed by atoms with van der Waals surface area (Å²) in [6.45, 7) is 0.238. The van der Waals surface area contributed by atoms with Gasteiger partial charge >= 0.3 is 12.0 Å². The number of amides is 2. The van der Waals surface area contributed by atoms with Crippen molar-refractivity contribution < 1.29 is 14.7 Å². The smallest absolute Gasteiger partial charge is 0.331 e. The van der Waals surface area contributed by atoms with E-state index in [1.807, 2.05) is 6.07 Å². The first-order valence-electron chi connectivity index (χ1n) is 5.55. The summed E-state index contributed by atoms with van der Waals surface area (Å²) in [5.41, 5.74) is 0.386. The lowest BCUT2D eigenvalue weighted by molar-refractivity contribution is -0.139. The minimum atomic E-state index is -1.17. The van der Waals surface area contributed by atoms with Crippen molar-refractivity contribution in [3.8, 4) is 6.07 Å². The number of carboxylic acid groups (broad SMARTS) is 1. The number of carbonyl (C=O) groups excluding carboxylic acids is 1. The number of nitrogens with one attached hydrogen (secondary N) is 1. The Morgan fingerprint density at radius 2 is 2.37 bits per heavy atom. The highest BCUT2D eigenvalue weighted by Crippen LogP contribution is 2.12. The zero-order valence-corrected chi connectivity index (χ0v) is 10.7. The summed E-state index contributed by atoms with van der Waals surface area (Å²) >= 11 is 0. The van der Waals surface area contributed by atoms with E-state index in [2.05, 4.69) is 10.4 Å². The van der Waals surface area contributed by atoms with Crippen LogP contribution in [0, 0.1) is 11.3 Å². The van der Waals surface area contributed by atoms with Crippen LogP contribution in [0.1, 0.15) is 18.0 Å². The van der Waals surface area contributed by atoms with E-state index >= 15 is 0 Å². The summed E-state index contributed by atoms with van der Waals surface area (Å²) in [6, 6.07) is 0.202. The highest BCUT2D eigenvalue weighted by molar-refractivity contribution is 5.83. The quantitative estimate of drug-likeness (QED) is 0.784. The molecule has 0 aromatic carbocycles. The molecule has 1 unspecified atom stereocenters. The van der Waals surface area contributed by atoms with Crippen molar-refractivity contribution >= 4 is 12.0 Å². The average Bonchev–Trinajstić information content (AvgIpc) is 2.78. The summed E-state index contributed by atoms with van der Waals surface area (Å²) < 4.78 is 1.46. The van der Waals surface area contributed by atoms with E-state index in [1.54, 1.807) is 7.05 Å². The van der Waals surface area contributed by atoms with Crippen molar-refractivity contribution in [3.63, 3.8) is 0 Å². The van der Waals surface area contributed by atoms with Crippen LogP contribution in [-0.4, -0.2) is 45.4 Å². The molecule has 1 rings (SSSR count). The van der Waals surface area contributed by atoms with E-state index in [1.165, 1.54) is 29.0 Å². The van der Waals surface area contributed by atoms with Gasteiger partial charge in [-0.2, -0.15) is 10.4 Å². The van der Waals surface area contributed by atoms with Crippen LogP contribution in [0.5, 0.6) is 0 Å². The number of rotatable bonds is 5. The van der Waals surface area contributed by atoms with Gasteiger partial charge in [-0.3, -0.25) is 4.68 Å². The summed E-state index contributed by atoms with van der Waals surface area (Å²) in [7, 11) is 3.15. The highest BCUT2D eigenvalue weighted by Gasteiger charge is 2.24. The Kier molecular flexibility index (Phi) is 4.88. The second kappa shape index (κ2) is 6.39. The Labute approximate surface area is 110 Å². The maximum Gasteiger partial charge on any atom is 0.331 e.